The number of esters is 1. The summed E-state index contributed by atoms with van der Waals surface area (Å²) in [5, 5.41) is 0. The van der Waals surface area contributed by atoms with E-state index >= 15 is 0 Å². The van der Waals surface area contributed by atoms with E-state index in [1.807, 2.05) is 0 Å². The van der Waals surface area contributed by atoms with Crippen LogP contribution >= 0.6 is 0 Å². The SMILES string of the molecule is CCCCCCCCC(CCCCCC)OC(=O)CCCCCC=O. The molecule has 0 amide bonds. The summed E-state index contributed by atoms with van der Waals surface area (Å²) >= 11 is 0. The minimum atomic E-state index is -0.0439. The van der Waals surface area contributed by atoms with Crippen LogP contribution in [0.15, 0.2) is 0 Å². The molecule has 0 aliphatic rings. The Balaban J connectivity index is 3.96. The molecule has 0 aromatic rings. The maximum Gasteiger partial charge on any atom is 0.306 e. The van der Waals surface area contributed by atoms with Gasteiger partial charge in [-0.05, 0) is 38.5 Å². The second kappa shape index (κ2) is 19.5. The number of hydrogen-bond acceptors (Lipinski definition) is 3. The van der Waals surface area contributed by atoms with Gasteiger partial charge in [0, 0.05) is 12.8 Å². The van der Waals surface area contributed by atoms with Crippen molar-refractivity contribution in [2.75, 3.05) is 0 Å². The molecule has 3 heteroatoms. The monoisotopic (exact) mass is 354 g/mol. The molecule has 0 aromatic carbocycles. The van der Waals surface area contributed by atoms with Gasteiger partial charge in [-0.1, -0.05) is 71.6 Å². The zero-order valence-corrected chi connectivity index (χ0v) is 16.9. The molecule has 0 saturated heterocycles. The number of hydrogen-bond donors (Lipinski definition) is 0. The Labute approximate surface area is 156 Å². The van der Waals surface area contributed by atoms with Crippen molar-refractivity contribution in [1.29, 1.82) is 0 Å². The molecule has 0 heterocycles. The molecule has 25 heavy (non-hydrogen) atoms. The summed E-state index contributed by atoms with van der Waals surface area (Å²) in [7, 11) is 0. The molecule has 0 spiro atoms. The minimum Gasteiger partial charge on any atom is -0.462 e. The fraction of sp³-hybridized carbons (Fsp3) is 0.909. The highest BCUT2D eigenvalue weighted by molar-refractivity contribution is 5.69. The molecule has 1 unspecified atom stereocenters. The predicted molar refractivity (Wildman–Crippen MR) is 106 cm³/mol. The Kier molecular flexibility index (Phi) is 18.8. The van der Waals surface area contributed by atoms with Crippen LogP contribution in [0.25, 0.3) is 0 Å². The fourth-order valence-corrected chi connectivity index (χ4v) is 3.13. The highest BCUT2D eigenvalue weighted by Crippen LogP contribution is 2.17. The lowest BCUT2D eigenvalue weighted by Crippen LogP contribution is -2.18. The summed E-state index contributed by atoms with van der Waals surface area (Å²) in [5.41, 5.74) is 0. The van der Waals surface area contributed by atoms with Gasteiger partial charge in [0.15, 0.2) is 0 Å². The predicted octanol–water partition coefficient (Wildman–Crippen LogP) is 6.77. The molecule has 0 aromatic heterocycles. The van der Waals surface area contributed by atoms with E-state index < -0.39 is 0 Å². The van der Waals surface area contributed by atoms with Crippen molar-refractivity contribution >= 4 is 12.3 Å². The molecule has 0 aliphatic carbocycles. The molecular weight excluding hydrogens is 312 g/mol. The van der Waals surface area contributed by atoms with Gasteiger partial charge in [0.2, 0.25) is 0 Å². The number of carbonyl (C=O) groups is 2. The molecule has 148 valence electrons. The highest BCUT2D eigenvalue weighted by Gasteiger charge is 2.14. The standard InChI is InChI=1S/C22H42O3/c1-3-5-7-9-10-14-18-21(17-13-8-6-4-2)25-22(24)19-15-11-12-16-20-23/h20-21H,3-19H2,1-2H3. The van der Waals surface area contributed by atoms with Gasteiger partial charge in [-0.3, -0.25) is 4.79 Å². The average molecular weight is 355 g/mol. The summed E-state index contributed by atoms with van der Waals surface area (Å²) in [6.07, 6.45) is 19.5. The van der Waals surface area contributed by atoms with Crippen LogP contribution in [0.2, 0.25) is 0 Å². The Morgan fingerprint density at radius 3 is 1.88 bits per heavy atom. The molecule has 0 aliphatic heterocycles. The zero-order valence-electron chi connectivity index (χ0n) is 16.9. The highest BCUT2D eigenvalue weighted by atomic mass is 16.5. The number of ether oxygens (including phenoxy) is 1. The first-order valence-corrected chi connectivity index (χ1v) is 10.9. The Bertz CT molecular complexity index is 302. The number of rotatable bonds is 19. The maximum absolute atomic E-state index is 12.1. The maximum atomic E-state index is 12.1. The molecule has 0 rings (SSSR count). The first-order chi connectivity index (χ1) is 12.2. The average Bonchev–Trinajstić information content (AvgIpc) is 2.61. The lowest BCUT2D eigenvalue weighted by molar-refractivity contribution is -0.150. The van der Waals surface area contributed by atoms with Crippen LogP contribution in [-0.2, 0) is 14.3 Å². The van der Waals surface area contributed by atoms with Crippen molar-refractivity contribution in [2.45, 2.75) is 129 Å². The Hall–Kier alpha value is -0.860. The van der Waals surface area contributed by atoms with Crippen molar-refractivity contribution in [3.8, 4) is 0 Å². The van der Waals surface area contributed by atoms with Crippen LogP contribution in [0.4, 0.5) is 0 Å². The fourth-order valence-electron chi connectivity index (χ4n) is 3.13. The van der Waals surface area contributed by atoms with E-state index in [1.165, 1.54) is 64.2 Å². The summed E-state index contributed by atoms with van der Waals surface area (Å²) < 4.78 is 5.76. The third-order valence-corrected chi connectivity index (χ3v) is 4.76. The molecule has 0 saturated carbocycles. The first kappa shape index (κ1) is 24.1. The third-order valence-electron chi connectivity index (χ3n) is 4.76. The topological polar surface area (TPSA) is 43.4 Å². The van der Waals surface area contributed by atoms with Gasteiger partial charge in [-0.15, -0.1) is 0 Å². The van der Waals surface area contributed by atoms with E-state index in [0.29, 0.717) is 12.8 Å². The van der Waals surface area contributed by atoms with Crippen LogP contribution in [0, 0.1) is 0 Å². The lowest BCUT2D eigenvalue weighted by Gasteiger charge is -2.18. The summed E-state index contributed by atoms with van der Waals surface area (Å²) in [5.74, 6) is -0.0439. The second-order valence-corrected chi connectivity index (χ2v) is 7.28. The molecule has 0 radical (unpaired) electrons. The molecule has 3 nitrogen and oxygen atoms in total. The largest absolute Gasteiger partial charge is 0.462 e. The summed E-state index contributed by atoms with van der Waals surface area (Å²) in [6, 6.07) is 0. The van der Waals surface area contributed by atoms with Gasteiger partial charge in [-0.25, -0.2) is 0 Å². The van der Waals surface area contributed by atoms with Crippen molar-refractivity contribution in [3.63, 3.8) is 0 Å². The van der Waals surface area contributed by atoms with Gasteiger partial charge >= 0.3 is 5.97 Å². The number of carbonyl (C=O) groups excluding carboxylic acids is 2. The Morgan fingerprint density at radius 1 is 0.760 bits per heavy atom. The van der Waals surface area contributed by atoms with E-state index in [2.05, 4.69) is 13.8 Å². The normalized spacial score (nSPS) is 12.1. The van der Waals surface area contributed by atoms with E-state index in [4.69, 9.17) is 4.74 Å². The molecular formula is C22H42O3. The van der Waals surface area contributed by atoms with E-state index in [-0.39, 0.29) is 12.1 Å². The van der Waals surface area contributed by atoms with Crippen molar-refractivity contribution < 1.29 is 14.3 Å². The smallest absolute Gasteiger partial charge is 0.306 e. The Morgan fingerprint density at radius 2 is 1.28 bits per heavy atom. The van der Waals surface area contributed by atoms with Crippen molar-refractivity contribution in [3.05, 3.63) is 0 Å². The van der Waals surface area contributed by atoms with Crippen LogP contribution < -0.4 is 0 Å². The second-order valence-electron chi connectivity index (χ2n) is 7.28. The zero-order chi connectivity index (χ0) is 18.6. The van der Waals surface area contributed by atoms with Gasteiger partial charge in [0.05, 0.1) is 0 Å². The van der Waals surface area contributed by atoms with Crippen molar-refractivity contribution in [1.82, 2.24) is 0 Å². The lowest BCUT2D eigenvalue weighted by atomic mass is 10.0. The first-order valence-electron chi connectivity index (χ1n) is 10.9. The summed E-state index contributed by atoms with van der Waals surface area (Å²) in [4.78, 5) is 22.3. The summed E-state index contributed by atoms with van der Waals surface area (Å²) in [6.45, 7) is 4.46. The van der Waals surface area contributed by atoms with Crippen LogP contribution in [0.5, 0.6) is 0 Å². The van der Waals surface area contributed by atoms with E-state index in [9.17, 15) is 9.59 Å². The molecule has 0 fully saturated rings. The molecule has 0 bridgehead atoms. The van der Waals surface area contributed by atoms with E-state index in [1.54, 1.807) is 0 Å². The van der Waals surface area contributed by atoms with Crippen LogP contribution in [0.1, 0.15) is 123 Å². The molecule has 1 atom stereocenters. The van der Waals surface area contributed by atoms with Gasteiger partial charge < -0.3 is 9.53 Å². The van der Waals surface area contributed by atoms with E-state index in [0.717, 1.165) is 38.4 Å². The van der Waals surface area contributed by atoms with Crippen molar-refractivity contribution in [2.24, 2.45) is 0 Å². The quantitative estimate of drug-likeness (QED) is 0.146. The van der Waals surface area contributed by atoms with Gasteiger partial charge in [0.25, 0.3) is 0 Å². The van der Waals surface area contributed by atoms with Crippen LogP contribution in [-0.4, -0.2) is 18.4 Å². The number of aldehydes is 1. The van der Waals surface area contributed by atoms with Crippen LogP contribution in [0.3, 0.4) is 0 Å². The minimum absolute atomic E-state index is 0.0439. The number of unbranched alkanes of at least 4 members (excludes halogenated alkanes) is 11. The third kappa shape index (κ3) is 17.7. The molecule has 0 N–H and O–H groups in total. The van der Waals surface area contributed by atoms with Gasteiger partial charge in [-0.2, -0.15) is 0 Å². The van der Waals surface area contributed by atoms with Gasteiger partial charge in [0.1, 0.15) is 12.4 Å².